The Balaban J connectivity index is 1.99. The van der Waals surface area contributed by atoms with E-state index in [1.807, 2.05) is 12.1 Å². The summed E-state index contributed by atoms with van der Waals surface area (Å²) >= 11 is 0. The predicted octanol–water partition coefficient (Wildman–Crippen LogP) is 2.99. The van der Waals surface area contributed by atoms with Gasteiger partial charge < -0.3 is 4.74 Å². The number of esters is 1. The number of anilines is 1. The Kier molecular flexibility index (Phi) is 5.56. The number of ether oxygens (including phenoxy) is 1. The van der Waals surface area contributed by atoms with Gasteiger partial charge in [0, 0.05) is 0 Å². The summed E-state index contributed by atoms with van der Waals surface area (Å²) in [6.45, 7) is 1.85. The summed E-state index contributed by atoms with van der Waals surface area (Å²) in [6, 6.07) is 17.7. The number of nitrogens with zero attached hydrogens (tertiary/aromatic N) is 2. The third-order valence-electron chi connectivity index (χ3n) is 3.72. The second-order valence-electron chi connectivity index (χ2n) is 5.72. The SMILES string of the molecule is CCOC(=O)c1cnn(-c2ccccc2)c1NS(=O)(=O)Cc1ccccc1. The van der Waals surface area contributed by atoms with Gasteiger partial charge in [0.05, 0.1) is 24.2 Å². The molecule has 0 aliphatic heterocycles. The molecule has 3 rings (SSSR count). The van der Waals surface area contributed by atoms with Gasteiger partial charge in [-0.1, -0.05) is 48.5 Å². The molecule has 0 aliphatic rings. The first kappa shape index (κ1) is 18.7. The molecule has 2 aromatic carbocycles. The molecular weight excluding hydrogens is 366 g/mol. The summed E-state index contributed by atoms with van der Waals surface area (Å²) in [5.74, 6) is -0.816. The molecule has 0 bridgehead atoms. The molecule has 1 aromatic heterocycles. The van der Waals surface area contributed by atoms with E-state index < -0.39 is 16.0 Å². The maximum absolute atomic E-state index is 12.7. The maximum Gasteiger partial charge on any atom is 0.343 e. The van der Waals surface area contributed by atoms with Crippen LogP contribution in [0.5, 0.6) is 0 Å². The summed E-state index contributed by atoms with van der Waals surface area (Å²) in [4.78, 5) is 12.2. The number of para-hydroxylation sites is 1. The Morgan fingerprint density at radius 2 is 1.70 bits per heavy atom. The number of carbonyl (C=O) groups excluding carboxylic acids is 1. The number of aromatic nitrogens is 2. The lowest BCUT2D eigenvalue weighted by molar-refractivity contribution is 0.0527. The van der Waals surface area contributed by atoms with Crippen molar-refractivity contribution >= 4 is 21.8 Å². The van der Waals surface area contributed by atoms with Gasteiger partial charge in [-0.05, 0) is 24.6 Å². The lowest BCUT2D eigenvalue weighted by Gasteiger charge is -2.12. The zero-order valence-electron chi connectivity index (χ0n) is 14.7. The van der Waals surface area contributed by atoms with Crippen LogP contribution in [0, 0.1) is 0 Å². The largest absolute Gasteiger partial charge is 0.462 e. The molecule has 1 heterocycles. The molecule has 0 aliphatic carbocycles. The van der Waals surface area contributed by atoms with Crippen LogP contribution in [0.15, 0.2) is 66.9 Å². The standard InChI is InChI=1S/C19H19N3O4S/c1-2-26-19(23)17-13-20-22(16-11-7-4-8-12-16)18(17)21-27(24,25)14-15-9-5-3-6-10-15/h3-13,21H,2,14H2,1H3. The lowest BCUT2D eigenvalue weighted by Crippen LogP contribution is -2.20. The van der Waals surface area contributed by atoms with Crippen LogP contribution in [-0.4, -0.2) is 30.8 Å². The summed E-state index contributed by atoms with van der Waals surface area (Å²) in [5, 5.41) is 4.17. The van der Waals surface area contributed by atoms with Gasteiger partial charge in [-0.3, -0.25) is 4.72 Å². The molecule has 0 fully saturated rings. The molecule has 0 amide bonds. The third kappa shape index (κ3) is 4.53. The number of carbonyl (C=O) groups is 1. The van der Waals surface area contributed by atoms with Crippen LogP contribution in [0.2, 0.25) is 0 Å². The van der Waals surface area contributed by atoms with Gasteiger partial charge >= 0.3 is 5.97 Å². The van der Waals surface area contributed by atoms with Crippen molar-refractivity contribution in [1.82, 2.24) is 9.78 Å². The normalized spacial score (nSPS) is 11.1. The topological polar surface area (TPSA) is 90.3 Å². The molecule has 1 N–H and O–H groups in total. The van der Waals surface area contributed by atoms with Crippen molar-refractivity contribution in [2.75, 3.05) is 11.3 Å². The predicted molar refractivity (Wildman–Crippen MR) is 102 cm³/mol. The van der Waals surface area contributed by atoms with E-state index in [0.29, 0.717) is 11.3 Å². The van der Waals surface area contributed by atoms with Crippen LogP contribution < -0.4 is 4.72 Å². The fourth-order valence-electron chi connectivity index (χ4n) is 2.55. The fourth-order valence-corrected chi connectivity index (χ4v) is 3.74. The molecule has 0 spiro atoms. The second-order valence-corrected chi connectivity index (χ2v) is 7.44. The van der Waals surface area contributed by atoms with Crippen LogP contribution in [0.3, 0.4) is 0 Å². The van der Waals surface area contributed by atoms with E-state index in [0.717, 1.165) is 0 Å². The lowest BCUT2D eigenvalue weighted by atomic mass is 10.2. The zero-order chi connectivity index (χ0) is 19.3. The molecule has 0 radical (unpaired) electrons. The summed E-state index contributed by atoms with van der Waals surface area (Å²) in [5.41, 5.74) is 1.30. The smallest absolute Gasteiger partial charge is 0.343 e. The van der Waals surface area contributed by atoms with E-state index in [4.69, 9.17) is 4.74 Å². The van der Waals surface area contributed by atoms with Crippen molar-refractivity contribution in [2.24, 2.45) is 0 Å². The Labute approximate surface area is 157 Å². The number of rotatable bonds is 7. The highest BCUT2D eigenvalue weighted by Crippen LogP contribution is 2.23. The molecule has 0 atom stereocenters. The minimum Gasteiger partial charge on any atom is -0.462 e. The fraction of sp³-hybridized carbons (Fsp3) is 0.158. The van der Waals surface area contributed by atoms with E-state index in [-0.39, 0.29) is 23.7 Å². The number of sulfonamides is 1. The van der Waals surface area contributed by atoms with Gasteiger partial charge in [0.15, 0.2) is 5.82 Å². The van der Waals surface area contributed by atoms with Gasteiger partial charge in [0.25, 0.3) is 0 Å². The molecule has 27 heavy (non-hydrogen) atoms. The van der Waals surface area contributed by atoms with Crippen molar-refractivity contribution < 1.29 is 17.9 Å². The highest BCUT2D eigenvalue weighted by atomic mass is 32.2. The van der Waals surface area contributed by atoms with E-state index in [9.17, 15) is 13.2 Å². The molecule has 0 saturated carbocycles. The van der Waals surface area contributed by atoms with Gasteiger partial charge in [0.2, 0.25) is 10.0 Å². The van der Waals surface area contributed by atoms with Crippen LogP contribution >= 0.6 is 0 Å². The van der Waals surface area contributed by atoms with Crippen LogP contribution in [0.1, 0.15) is 22.8 Å². The first-order valence-electron chi connectivity index (χ1n) is 8.35. The van der Waals surface area contributed by atoms with Crippen molar-refractivity contribution in [2.45, 2.75) is 12.7 Å². The Hall–Kier alpha value is -3.13. The van der Waals surface area contributed by atoms with Gasteiger partial charge in [-0.2, -0.15) is 5.10 Å². The summed E-state index contributed by atoms with van der Waals surface area (Å²) in [6.07, 6.45) is 1.30. The Bertz CT molecular complexity index is 1020. The average Bonchev–Trinajstić information content (AvgIpc) is 3.06. The van der Waals surface area contributed by atoms with E-state index >= 15 is 0 Å². The summed E-state index contributed by atoms with van der Waals surface area (Å²) in [7, 11) is -3.78. The van der Waals surface area contributed by atoms with E-state index in [2.05, 4.69) is 9.82 Å². The molecule has 8 heteroatoms. The molecule has 0 saturated heterocycles. The van der Waals surface area contributed by atoms with Crippen molar-refractivity contribution in [3.05, 3.63) is 78.0 Å². The first-order valence-corrected chi connectivity index (χ1v) is 10.0. The Morgan fingerprint density at radius 1 is 1.07 bits per heavy atom. The van der Waals surface area contributed by atoms with Crippen molar-refractivity contribution in [3.63, 3.8) is 0 Å². The first-order chi connectivity index (χ1) is 13.0. The second kappa shape index (κ2) is 8.05. The van der Waals surface area contributed by atoms with Gasteiger partial charge in [-0.15, -0.1) is 0 Å². The highest BCUT2D eigenvalue weighted by molar-refractivity contribution is 7.91. The summed E-state index contributed by atoms with van der Waals surface area (Å²) < 4.78 is 34.2. The van der Waals surface area contributed by atoms with Crippen LogP contribution in [-0.2, 0) is 20.5 Å². The minimum absolute atomic E-state index is 0.0515. The van der Waals surface area contributed by atoms with Crippen molar-refractivity contribution in [1.29, 1.82) is 0 Å². The molecule has 0 unspecified atom stereocenters. The third-order valence-corrected chi connectivity index (χ3v) is 4.93. The number of hydrogen-bond acceptors (Lipinski definition) is 5. The molecular formula is C19H19N3O4S. The zero-order valence-corrected chi connectivity index (χ0v) is 15.5. The monoisotopic (exact) mass is 385 g/mol. The molecule has 3 aromatic rings. The number of benzene rings is 2. The van der Waals surface area contributed by atoms with E-state index in [1.54, 1.807) is 55.5 Å². The number of hydrogen-bond donors (Lipinski definition) is 1. The molecule has 140 valence electrons. The van der Waals surface area contributed by atoms with E-state index in [1.165, 1.54) is 10.9 Å². The maximum atomic E-state index is 12.7. The van der Waals surface area contributed by atoms with Gasteiger partial charge in [-0.25, -0.2) is 17.9 Å². The average molecular weight is 385 g/mol. The van der Waals surface area contributed by atoms with Crippen LogP contribution in [0.25, 0.3) is 5.69 Å². The Morgan fingerprint density at radius 3 is 2.33 bits per heavy atom. The molecule has 7 nitrogen and oxygen atoms in total. The quantitative estimate of drug-likeness (QED) is 0.632. The minimum atomic E-state index is -3.78. The van der Waals surface area contributed by atoms with Gasteiger partial charge in [0.1, 0.15) is 5.56 Å². The number of nitrogens with one attached hydrogen (secondary N) is 1. The highest BCUT2D eigenvalue weighted by Gasteiger charge is 2.24. The van der Waals surface area contributed by atoms with Crippen LogP contribution in [0.4, 0.5) is 5.82 Å². The van der Waals surface area contributed by atoms with Crippen molar-refractivity contribution in [3.8, 4) is 5.69 Å².